The first-order chi connectivity index (χ1) is 9.07. The molecule has 2 rings (SSSR count). The summed E-state index contributed by atoms with van der Waals surface area (Å²) in [4.78, 5) is 13.7. The predicted octanol–water partition coefficient (Wildman–Crippen LogP) is 1.45. The minimum absolute atomic E-state index is 0.230. The summed E-state index contributed by atoms with van der Waals surface area (Å²) in [5.74, 6) is -0.495. The molecule has 4 nitrogen and oxygen atoms in total. The third-order valence-electron chi connectivity index (χ3n) is 3.35. The number of carbonyl (C=O) groups is 1. The van der Waals surface area contributed by atoms with E-state index in [9.17, 15) is 9.18 Å². The van der Waals surface area contributed by atoms with Crippen molar-refractivity contribution in [2.75, 3.05) is 33.9 Å². The van der Waals surface area contributed by atoms with E-state index >= 15 is 0 Å². The molecule has 0 radical (unpaired) electrons. The van der Waals surface area contributed by atoms with Crippen LogP contribution in [0, 0.1) is 11.2 Å². The second kappa shape index (κ2) is 5.67. The highest BCUT2D eigenvalue weighted by atomic mass is 19.1. The summed E-state index contributed by atoms with van der Waals surface area (Å²) in [5, 5.41) is 0. The molecule has 0 saturated carbocycles. The first kappa shape index (κ1) is 14.0. The summed E-state index contributed by atoms with van der Waals surface area (Å²) in [6, 6.07) is 6.64. The second-order valence-corrected chi connectivity index (χ2v) is 5.03. The van der Waals surface area contributed by atoms with Crippen LogP contribution in [0.2, 0.25) is 0 Å². The number of methoxy groups -OCH3 is 1. The first-order valence-electron chi connectivity index (χ1n) is 6.15. The van der Waals surface area contributed by atoms with Crippen LogP contribution in [0.1, 0.15) is 5.56 Å². The van der Waals surface area contributed by atoms with Crippen LogP contribution in [0.15, 0.2) is 24.3 Å². The smallest absolute Gasteiger partial charge is 0.317 e. The van der Waals surface area contributed by atoms with E-state index in [0.29, 0.717) is 31.9 Å². The van der Waals surface area contributed by atoms with Gasteiger partial charge in [0.25, 0.3) is 0 Å². The van der Waals surface area contributed by atoms with Crippen LogP contribution in [0.25, 0.3) is 0 Å². The topological polar surface area (TPSA) is 38.8 Å². The summed E-state index contributed by atoms with van der Waals surface area (Å²) in [6.07, 6.45) is 0. The Labute approximate surface area is 112 Å². The van der Waals surface area contributed by atoms with Crippen molar-refractivity contribution in [2.45, 2.75) is 6.54 Å². The van der Waals surface area contributed by atoms with Crippen LogP contribution in [0.3, 0.4) is 0 Å². The monoisotopic (exact) mass is 267 g/mol. The van der Waals surface area contributed by atoms with Gasteiger partial charge in [-0.2, -0.15) is 0 Å². The maximum atomic E-state index is 13.6. The zero-order chi connectivity index (χ0) is 13.9. The highest BCUT2D eigenvalue weighted by molar-refractivity contribution is 5.78. The quantitative estimate of drug-likeness (QED) is 0.757. The van der Waals surface area contributed by atoms with Gasteiger partial charge in [0.1, 0.15) is 11.2 Å². The van der Waals surface area contributed by atoms with Gasteiger partial charge in [0.2, 0.25) is 0 Å². The van der Waals surface area contributed by atoms with Crippen molar-refractivity contribution in [3.63, 3.8) is 0 Å². The third kappa shape index (κ3) is 2.93. The Bertz CT molecular complexity index is 460. The van der Waals surface area contributed by atoms with Gasteiger partial charge in [-0.25, -0.2) is 4.39 Å². The number of halogens is 1. The van der Waals surface area contributed by atoms with Gasteiger partial charge in [-0.05, 0) is 13.1 Å². The molecule has 0 aromatic heterocycles. The van der Waals surface area contributed by atoms with E-state index in [0.717, 1.165) is 0 Å². The molecule has 0 atom stereocenters. The SMILES string of the molecule is COC(=O)C1(CN(C)Cc2ccccc2F)COC1. The van der Waals surface area contributed by atoms with E-state index in [1.165, 1.54) is 13.2 Å². The molecule has 1 saturated heterocycles. The van der Waals surface area contributed by atoms with Gasteiger partial charge in [-0.3, -0.25) is 4.79 Å². The van der Waals surface area contributed by atoms with Crippen LogP contribution >= 0.6 is 0 Å². The lowest BCUT2D eigenvalue weighted by molar-refractivity contribution is -0.186. The zero-order valence-electron chi connectivity index (χ0n) is 11.2. The highest BCUT2D eigenvalue weighted by Gasteiger charge is 2.47. The number of benzene rings is 1. The molecule has 0 amide bonds. The largest absolute Gasteiger partial charge is 0.468 e. The molecular formula is C14H18FNO3. The van der Waals surface area contributed by atoms with Crippen molar-refractivity contribution in [1.29, 1.82) is 0 Å². The number of esters is 1. The lowest BCUT2D eigenvalue weighted by Gasteiger charge is -2.41. The normalized spacial score (nSPS) is 17.1. The maximum absolute atomic E-state index is 13.6. The summed E-state index contributed by atoms with van der Waals surface area (Å²) < 4.78 is 23.5. The van der Waals surface area contributed by atoms with Crippen molar-refractivity contribution in [3.8, 4) is 0 Å². The minimum Gasteiger partial charge on any atom is -0.468 e. The van der Waals surface area contributed by atoms with E-state index in [-0.39, 0.29) is 11.8 Å². The second-order valence-electron chi connectivity index (χ2n) is 5.03. The highest BCUT2D eigenvalue weighted by Crippen LogP contribution is 2.30. The Balaban J connectivity index is 1.99. The number of carbonyl (C=O) groups excluding carboxylic acids is 1. The van der Waals surface area contributed by atoms with Gasteiger partial charge in [0.15, 0.2) is 0 Å². The molecule has 104 valence electrons. The number of nitrogens with zero attached hydrogens (tertiary/aromatic N) is 1. The average molecular weight is 267 g/mol. The lowest BCUT2D eigenvalue weighted by atomic mass is 9.85. The van der Waals surface area contributed by atoms with Crippen molar-refractivity contribution < 1.29 is 18.7 Å². The number of ether oxygens (including phenoxy) is 2. The third-order valence-corrected chi connectivity index (χ3v) is 3.35. The van der Waals surface area contributed by atoms with Gasteiger partial charge in [-0.1, -0.05) is 18.2 Å². The molecule has 5 heteroatoms. The molecule has 1 heterocycles. The Morgan fingerprint density at radius 1 is 1.47 bits per heavy atom. The summed E-state index contributed by atoms with van der Waals surface area (Å²) in [7, 11) is 3.23. The number of rotatable bonds is 5. The molecule has 1 aliphatic heterocycles. The minimum atomic E-state index is -0.602. The van der Waals surface area contributed by atoms with Crippen molar-refractivity contribution in [2.24, 2.45) is 5.41 Å². The van der Waals surface area contributed by atoms with Gasteiger partial charge in [0, 0.05) is 18.7 Å². The van der Waals surface area contributed by atoms with E-state index in [1.54, 1.807) is 18.2 Å². The first-order valence-corrected chi connectivity index (χ1v) is 6.15. The summed E-state index contributed by atoms with van der Waals surface area (Å²) in [6.45, 7) is 1.67. The average Bonchev–Trinajstić information content (AvgIpc) is 2.36. The molecule has 0 bridgehead atoms. The van der Waals surface area contributed by atoms with Crippen LogP contribution < -0.4 is 0 Å². The fourth-order valence-corrected chi connectivity index (χ4v) is 2.33. The molecule has 0 aliphatic carbocycles. The molecule has 0 spiro atoms. The fourth-order valence-electron chi connectivity index (χ4n) is 2.33. The van der Waals surface area contributed by atoms with Gasteiger partial charge >= 0.3 is 5.97 Å². The molecule has 0 N–H and O–H groups in total. The van der Waals surface area contributed by atoms with Gasteiger partial charge < -0.3 is 14.4 Å². The Morgan fingerprint density at radius 2 is 2.16 bits per heavy atom. The van der Waals surface area contributed by atoms with E-state index in [4.69, 9.17) is 9.47 Å². The number of hydrogen-bond acceptors (Lipinski definition) is 4. The maximum Gasteiger partial charge on any atom is 0.317 e. The molecule has 1 fully saturated rings. The molecular weight excluding hydrogens is 249 g/mol. The van der Waals surface area contributed by atoms with E-state index < -0.39 is 5.41 Å². The van der Waals surface area contributed by atoms with Crippen LogP contribution in [0.4, 0.5) is 4.39 Å². The van der Waals surface area contributed by atoms with Crippen molar-refractivity contribution in [1.82, 2.24) is 4.90 Å². The molecule has 19 heavy (non-hydrogen) atoms. The Hall–Kier alpha value is -1.46. The van der Waals surface area contributed by atoms with Gasteiger partial charge in [-0.15, -0.1) is 0 Å². The van der Waals surface area contributed by atoms with Crippen LogP contribution in [-0.4, -0.2) is 44.8 Å². The predicted molar refractivity (Wildman–Crippen MR) is 68.0 cm³/mol. The Morgan fingerprint density at radius 3 is 2.68 bits per heavy atom. The van der Waals surface area contributed by atoms with Gasteiger partial charge in [0.05, 0.1) is 20.3 Å². The van der Waals surface area contributed by atoms with Crippen LogP contribution in [-0.2, 0) is 20.8 Å². The Kier molecular flexibility index (Phi) is 4.17. The van der Waals surface area contributed by atoms with Crippen molar-refractivity contribution >= 4 is 5.97 Å². The van der Waals surface area contributed by atoms with E-state index in [1.807, 2.05) is 11.9 Å². The molecule has 0 unspecified atom stereocenters. The lowest BCUT2D eigenvalue weighted by Crippen LogP contribution is -2.55. The summed E-state index contributed by atoms with van der Waals surface area (Å²) in [5.41, 5.74) is 0.0136. The number of hydrogen-bond donors (Lipinski definition) is 0. The van der Waals surface area contributed by atoms with Crippen LogP contribution in [0.5, 0.6) is 0 Å². The van der Waals surface area contributed by atoms with E-state index in [2.05, 4.69) is 0 Å². The molecule has 1 aromatic carbocycles. The molecule has 1 aromatic rings. The standard InChI is InChI=1S/C14H18FNO3/c1-16(7-11-5-3-4-6-12(11)15)8-14(9-19-10-14)13(17)18-2/h3-6H,7-10H2,1-2H3. The fraction of sp³-hybridized carbons (Fsp3) is 0.500. The summed E-state index contributed by atoms with van der Waals surface area (Å²) >= 11 is 0. The molecule has 1 aliphatic rings. The zero-order valence-corrected chi connectivity index (χ0v) is 11.2. The van der Waals surface area contributed by atoms with Crippen molar-refractivity contribution in [3.05, 3.63) is 35.6 Å².